The van der Waals surface area contributed by atoms with Crippen LogP contribution in [0.3, 0.4) is 0 Å². The molecule has 0 aliphatic heterocycles. The molecule has 1 rings (SSSR count). The summed E-state index contributed by atoms with van der Waals surface area (Å²) in [5.74, 6) is -0.764. The van der Waals surface area contributed by atoms with E-state index in [0.29, 0.717) is 18.2 Å². The van der Waals surface area contributed by atoms with E-state index in [9.17, 15) is 4.79 Å². The number of aliphatic carboxylic acids is 2. The number of carboxylic acid groups (broad SMARTS) is 2. The normalized spacial score (nSPS) is 11.1. The zero-order valence-corrected chi connectivity index (χ0v) is 14.4. The van der Waals surface area contributed by atoms with Crippen molar-refractivity contribution in [1.82, 2.24) is 0 Å². The standard InChI is InChI=1S/C13H18Cl2N2O2.C2H4O2/c14-5-7-17(8-6-15)11-3-1-10(2-4-11)9-12(16)13(18)19;1-2(3)4/h1-4,12H,5-9,16H2,(H,18,19);1H3,(H,3,4). The Morgan fingerprint density at radius 2 is 1.57 bits per heavy atom. The number of halogens is 2. The molecule has 0 radical (unpaired) electrons. The summed E-state index contributed by atoms with van der Waals surface area (Å²) in [4.78, 5) is 21.8. The van der Waals surface area contributed by atoms with Crippen LogP contribution in [-0.4, -0.2) is 53.0 Å². The highest BCUT2D eigenvalue weighted by Gasteiger charge is 2.12. The Morgan fingerprint density at radius 3 is 1.91 bits per heavy atom. The maximum atomic E-state index is 10.7. The van der Waals surface area contributed by atoms with Crippen molar-refractivity contribution in [3.8, 4) is 0 Å². The minimum absolute atomic E-state index is 0.320. The SMILES string of the molecule is CC(=O)O.NC(Cc1ccc(N(CCCl)CCCl)cc1)C(=O)O. The molecule has 6 nitrogen and oxygen atoms in total. The molecule has 130 valence electrons. The lowest BCUT2D eigenvalue weighted by molar-refractivity contribution is -0.138. The fourth-order valence-corrected chi connectivity index (χ4v) is 2.17. The first-order valence-electron chi connectivity index (χ1n) is 6.95. The minimum atomic E-state index is -0.991. The van der Waals surface area contributed by atoms with Crippen LogP contribution in [-0.2, 0) is 16.0 Å². The Balaban J connectivity index is 0.00000108. The molecule has 1 aromatic rings. The predicted octanol–water partition coefficient (Wildman–Crippen LogP) is 2.02. The van der Waals surface area contributed by atoms with Crippen molar-refractivity contribution in [2.24, 2.45) is 5.73 Å². The van der Waals surface area contributed by atoms with Crippen molar-refractivity contribution in [2.45, 2.75) is 19.4 Å². The molecule has 0 fully saturated rings. The Morgan fingerprint density at radius 1 is 1.13 bits per heavy atom. The van der Waals surface area contributed by atoms with Gasteiger partial charge in [0.2, 0.25) is 0 Å². The second-order valence-electron chi connectivity index (χ2n) is 4.70. The third-order valence-electron chi connectivity index (χ3n) is 2.78. The lowest BCUT2D eigenvalue weighted by atomic mass is 10.1. The molecule has 0 saturated carbocycles. The zero-order valence-electron chi connectivity index (χ0n) is 12.9. The molecule has 0 heterocycles. The lowest BCUT2D eigenvalue weighted by Crippen LogP contribution is -2.32. The number of benzene rings is 1. The smallest absolute Gasteiger partial charge is 0.320 e. The van der Waals surface area contributed by atoms with Gasteiger partial charge in [-0.1, -0.05) is 12.1 Å². The second kappa shape index (κ2) is 12.0. The zero-order chi connectivity index (χ0) is 17.8. The summed E-state index contributed by atoms with van der Waals surface area (Å²) < 4.78 is 0. The van der Waals surface area contributed by atoms with E-state index in [1.807, 2.05) is 24.3 Å². The van der Waals surface area contributed by atoms with Crippen molar-refractivity contribution in [3.05, 3.63) is 29.8 Å². The highest BCUT2D eigenvalue weighted by atomic mass is 35.5. The van der Waals surface area contributed by atoms with Crippen LogP contribution in [0.15, 0.2) is 24.3 Å². The average Bonchev–Trinajstić information content (AvgIpc) is 2.47. The van der Waals surface area contributed by atoms with Gasteiger partial charge in [0.15, 0.2) is 0 Å². The van der Waals surface area contributed by atoms with Crippen molar-refractivity contribution < 1.29 is 19.8 Å². The highest BCUT2D eigenvalue weighted by molar-refractivity contribution is 6.18. The molecule has 1 atom stereocenters. The molecular formula is C15H22Cl2N2O4. The summed E-state index contributed by atoms with van der Waals surface area (Å²) in [6, 6.07) is 6.76. The van der Waals surface area contributed by atoms with Gasteiger partial charge in [-0.05, 0) is 24.1 Å². The van der Waals surface area contributed by atoms with E-state index in [-0.39, 0.29) is 0 Å². The largest absolute Gasteiger partial charge is 0.481 e. The fraction of sp³-hybridized carbons (Fsp3) is 0.467. The topological polar surface area (TPSA) is 104 Å². The molecule has 0 amide bonds. The fourth-order valence-electron chi connectivity index (χ4n) is 1.76. The monoisotopic (exact) mass is 364 g/mol. The molecule has 0 saturated heterocycles. The molecule has 23 heavy (non-hydrogen) atoms. The number of hydrogen-bond donors (Lipinski definition) is 3. The molecular weight excluding hydrogens is 343 g/mol. The number of alkyl halides is 2. The predicted molar refractivity (Wildman–Crippen MR) is 92.7 cm³/mol. The Hall–Kier alpha value is -1.50. The first-order chi connectivity index (χ1) is 10.8. The number of hydrogen-bond acceptors (Lipinski definition) is 4. The molecule has 0 aliphatic carbocycles. The van der Waals surface area contributed by atoms with E-state index >= 15 is 0 Å². The van der Waals surface area contributed by atoms with Crippen LogP contribution in [0.5, 0.6) is 0 Å². The molecule has 1 unspecified atom stereocenters. The lowest BCUT2D eigenvalue weighted by Gasteiger charge is -2.23. The summed E-state index contributed by atoms with van der Waals surface area (Å²) in [5, 5.41) is 16.2. The van der Waals surface area contributed by atoms with Gasteiger partial charge in [0, 0.05) is 37.5 Å². The summed E-state index contributed by atoms with van der Waals surface area (Å²) in [5.41, 5.74) is 7.42. The molecule has 0 bridgehead atoms. The van der Waals surface area contributed by atoms with Crippen molar-refractivity contribution in [2.75, 3.05) is 29.7 Å². The summed E-state index contributed by atoms with van der Waals surface area (Å²) >= 11 is 11.5. The van der Waals surface area contributed by atoms with Gasteiger partial charge in [-0.25, -0.2) is 0 Å². The summed E-state index contributed by atoms with van der Waals surface area (Å²) in [6.07, 6.45) is 0.320. The van der Waals surface area contributed by atoms with Gasteiger partial charge >= 0.3 is 5.97 Å². The first kappa shape index (κ1) is 21.5. The second-order valence-corrected chi connectivity index (χ2v) is 5.46. The number of nitrogens with two attached hydrogens (primary N) is 1. The summed E-state index contributed by atoms with van der Waals surface area (Å²) in [7, 11) is 0. The van der Waals surface area contributed by atoms with Gasteiger partial charge in [-0.15, -0.1) is 23.2 Å². The Bertz CT molecular complexity index is 473. The van der Waals surface area contributed by atoms with Gasteiger partial charge in [-0.2, -0.15) is 0 Å². The van der Waals surface area contributed by atoms with Crippen LogP contribution < -0.4 is 10.6 Å². The van der Waals surface area contributed by atoms with E-state index in [1.54, 1.807) is 0 Å². The van der Waals surface area contributed by atoms with Crippen molar-refractivity contribution in [3.63, 3.8) is 0 Å². The van der Waals surface area contributed by atoms with Crippen LogP contribution in [0.4, 0.5) is 5.69 Å². The molecule has 0 aliphatic rings. The number of nitrogens with zero attached hydrogens (tertiary/aromatic N) is 1. The van der Waals surface area contributed by atoms with Gasteiger partial charge in [0.05, 0.1) is 0 Å². The van der Waals surface area contributed by atoms with Gasteiger partial charge in [0.25, 0.3) is 5.97 Å². The first-order valence-corrected chi connectivity index (χ1v) is 8.02. The number of anilines is 1. The van der Waals surface area contributed by atoms with Gasteiger partial charge in [-0.3, -0.25) is 9.59 Å². The molecule has 4 N–H and O–H groups in total. The van der Waals surface area contributed by atoms with Crippen LogP contribution in [0.25, 0.3) is 0 Å². The van der Waals surface area contributed by atoms with E-state index in [1.165, 1.54) is 0 Å². The maximum absolute atomic E-state index is 10.7. The molecule has 0 spiro atoms. The molecule has 0 aromatic heterocycles. The van der Waals surface area contributed by atoms with Gasteiger partial charge in [0.1, 0.15) is 6.04 Å². The van der Waals surface area contributed by atoms with Gasteiger partial charge < -0.3 is 20.8 Å². The van der Waals surface area contributed by atoms with E-state index in [2.05, 4.69) is 4.90 Å². The minimum Gasteiger partial charge on any atom is -0.481 e. The quantitative estimate of drug-likeness (QED) is 0.609. The number of carboxylic acids is 2. The van der Waals surface area contributed by atoms with Crippen LogP contribution in [0, 0.1) is 0 Å². The van der Waals surface area contributed by atoms with E-state index in [4.69, 9.17) is 43.9 Å². The third-order valence-corrected chi connectivity index (χ3v) is 3.12. The average molecular weight is 365 g/mol. The van der Waals surface area contributed by atoms with Crippen LogP contribution >= 0.6 is 23.2 Å². The van der Waals surface area contributed by atoms with E-state index < -0.39 is 18.0 Å². The van der Waals surface area contributed by atoms with Crippen LogP contribution in [0.2, 0.25) is 0 Å². The van der Waals surface area contributed by atoms with Crippen LogP contribution in [0.1, 0.15) is 12.5 Å². The number of rotatable bonds is 8. The number of carbonyl (C=O) groups is 2. The molecule has 1 aromatic carbocycles. The third kappa shape index (κ3) is 9.99. The Labute approximate surface area is 145 Å². The molecule has 8 heteroatoms. The van der Waals surface area contributed by atoms with E-state index in [0.717, 1.165) is 31.3 Å². The van der Waals surface area contributed by atoms with Crippen molar-refractivity contribution >= 4 is 40.8 Å². The van der Waals surface area contributed by atoms with Crippen molar-refractivity contribution in [1.29, 1.82) is 0 Å². The Kier molecular flexibility index (Phi) is 11.2. The summed E-state index contributed by atoms with van der Waals surface area (Å²) in [6.45, 7) is 2.53. The highest BCUT2D eigenvalue weighted by Crippen LogP contribution is 2.16. The maximum Gasteiger partial charge on any atom is 0.320 e.